The normalized spacial score (nSPS) is 28.0. The summed E-state index contributed by atoms with van der Waals surface area (Å²) in [6, 6.07) is 0.142. The average molecular weight is 343 g/mol. The zero-order valence-corrected chi connectivity index (χ0v) is 14.7. The molecule has 0 radical (unpaired) electrons. The fraction of sp³-hybridized carbons (Fsp3) is 0.812. The van der Waals surface area contributed by atoms with Crippen molar-refractivity contribution < 1.29 is 9.32 Å². The number of carbonyl (C=O) groups is 1. The van der Waals surface area contributed by atoms with Gasteiger partial charge < -0.3 is 15.2 Å². The molecule has 6 nitrogen and oxygen atoms in total. The third kappa shape index (κ3) is 3.86. The van der Waals surface area contributed by atoms with Crippen molar-refractivity contribution in [2.45, 2.75) is 70.4 Å². The molecule has 7 heteroatoms. The predicted molar refractivity (Wildman–Crippen MR) is 89.3 cm³/mol. The summed E-state index contributed by atoms with van der Waals surface area (Å²) < 4.78 is 5.31. The molecule has 2 heterocycles. The Hall–Kier alpha value is -1.14. The Bertz CT molecular complexity index is 534. The minimum Gasteiger partial charge on any atom is -0.339 e. The van der Waals surface area contributed by atoms with Gasteiger partial charge in [0.1, 0.15) is 0 Å². The summed E-state index contributed by atoms with van der Waals surface area (Å²) in [5.74, 6) is 1.82. The molecule has 1 aliphatic heterocycles. The minimum absolute atomic E-state index is 0. The number of nitrogens with two attached hydrogens (primary N) is 1. The number of nitrogens with zero attached hydrogens (tertiary/aromatic N) is 3. The highest BCUT2D eigenvalue weighted by Gasteiger charge is 2.37. The molecule has 1 saturated carbocycles. The average Bonchev–Trinajstić information content (AvgIpc) is 3.15. The maximum absolute atomic E-state index is 12.9. The maximum Gasteiger partial charge on any atom is 0.229 e. The van der Waals surface area contributed by atoms with Crippen molar-refractivity contribution in [1.29, 1.82) is 0 Å². The van der Waals surface area contributed by atoms with E-state index in [4.69, 9.17) is 10.3 Å². The van der Waals surface area contributed by atoms with Gasteiger partial charge in [0.15, 0.2) is 5.82 Å². The molecule has 3 unspecified atom stereocenters. The van der Waals surface area contributed by atoms with Gasteiger partial charge in [-0.25, -0.2) is 0 Å². The van der Waals surface area contributed by atoms with Crippen molar-refractivity contribution in [2.24, 2.45) is 11.7 Å². The van der Waals surface area contributed by atoms with Crippen LogP contribution in [0.1, 0.15) is 76.0 Å². The summed E-state index contributed by atoms with van der Waals surface area (Å²) in [6.07, 6.45) is 5.78. The van der Waals surface area contributed by atoms with Crippen LogP contribution in [0.5, 0.6) is 0 Å². The van der Waals surface area contributed by atoms with Crippen LogP contribution in [0, 0.1) is 5.92 Å². The molecule has 1 saturated heterocycles. The third-order valence-corrected chi connectivity index (χ3v) is 4.85. The summed E-state index contributed by atoms with van der Waals surface area (Å²) in [5, 5.41) is 4.11. The van der Waals surface area contributed by atoms with Crippen LogP contribution < -0.4 is 5.73 Å². The number of likely N-dealkylation sites (tertiary alicyclic amines) is 1. The second-order valence-electron chi connectivity index (χ2n) is 6.96. The molecule has 3 rings (SSSR count). The van der Waals surface area contributed by atoms with Gasteiger partial charge in [0.25, 0.3) is 0 Å². The topological polar surface area (TPSA) is 85.2 Å². The molecule has 130 valence electrons. The molecule has 0 aromatic carbocycles. The third-order valence-electron chi connectivity index (χ3n) is 4.85. The number of hydrogen-bond acceptors (Lipinski definition) is 5. The fourth-order valence-corrected chi connectivity index (χ4v) is 3.60. The van der Waals surface area contributed by atoms with Gasteiger partial charge in [0.2, 0.25) is 11.8 Å². The van der Waals surface area contributed by atoms with Crippen molar-refractivity contribution in [3.63, 3.8) is 0 Å². The summed E-state index contributed by atoms with van der Waals surface area (Å²) in [5.41, 5.74) is 6.03. The van der Waals surface area contributed by atoms with E-state index >= 15 is 0 Å². The Labute approximate surface area is 143 Å². The van der Waals surface area contributed by atoms with E-state index in [9.17, 15) is 4.79 Å². The van der Waals surface area contributed by atoms with Crippen molar-refractivity contribution in [3.8, 4) is 0 Å². The first-order chi connectivity index (χ1) is 10.6. The second kappa shape index (κ2) is 7.62. The lowest BCUT2D eigenvalue weighted by molar-refractivity contribution is -0.137. The number of halogens is 1. The highest BCUT2D eigenvalue weighted by Crippen LogP contribution is 2.34. The summed E-state index contributed by atoms with van der Waals surface area (Å²) in [4.78, 5) is 19.3. The molecule has 3 atom stereocenters. The van der Waals surface area contributed by atoms with Crippen LogP contribution in [0.25, 0.3) is 0 Å². The van der Waals surface area contributed by atoms with Gasteiger partial charge in [-0.1, -0.05) is 25.4 Å². The first-order valence-electron chi connectivity index (χ1n) is 8.45. The smallest absolute Gasteiger partial charge is 0.229 e. The van der Waals surface area contributed by atoms with E-state index in [1.807, 2.05) is 18.7 Å². The first-order valence-corrected chi connectivity index (χ1v) is 8.45. The van der Waals surface area contributed by atoms with Crippen LogP contribution in [0.3, 0.4) is 0 Å². The van der Waals surface area contributed by atoms with Crippen molar-refractivity contribution in [2.75, 3.05) is 6.54 Å². The monoisotopic (exact) mass is 342 g/mol. The van der Waals surface area contributed by atoms with E-state index in [0.29, 0.717) is 11.7 Å². The molecule has 0 spiro atoms. The van der Waals surface area contributed by atoms with Crippen molar-refractivity contribution in [1.82, 2.24) is 15.0 Å². The molecular formula is C16H27ClN4O2. The highest BCUT2D eigenvalue weighted by atomic mass is 35.5. The van der Waals surface area contributed by atoms with Gasteiger partial charge in [0, 0.05) is 24.4 Å². The molecule has 2 aliphatic rings. The summed E-state index contributed by atoms with van der Waals surface area (Å²) in [7, 11) is 0. The zero-order chi connectivity index (χ0) is 15.7. The van der Waals surface area contributed by atoms with E-state index in [-0.39, 0.29) is 42.2 Å². The number of aromatic nitrogens is 2. The van der Waals surface area contributed by atoms with Crippen LogP contribution in [0.4, 0.5) is 0 Å². The predicted octanol–water partition coefficient (Wildman–Crippen LogP) is 2.80. The number of amides is 1. The van der Waals surface area contributed by atoms with E-state index in [1.165, 1.54) is 0 Å². The first kappa shape index (κ1) is 18.2. The van der Waals surface area contributed by atoms with Gasteiger partial charge in [0.05, 0.1) is 6.04 Å². The molecule has 0 bridgehead atoms. The van der Waals surface area contributed by atoms with Crippen LogP contribution in [0.15, 0.2) is 4.52 Å². The Morgan fingerprint density at radius 2 is 2.09 bits per heavy atom. The lowest BCUT2D eigenvalue weighted by atomic mass is 9.85. The lowest BCUT2D eigenvalue weighted by Crippen LogP contribution is -2.40. The molecule has 1 amide bonds. The molecule has 2 N–H and O–H groups in total. The Kier molecular flexibility index (Phi) is 6.03. The van der Waals surface area contributed by atoms with Crippen LogP contribution in [-0.2, 0) is 4.79 Å². The zero-order valence-electron chi connectivity index (χ0n) is 13.9. The second-order valence-corrected chi connectivity index (χ2v) is 6.96. The van der Waals surface area contributed by atoms with Gasteiger partial charge in [-0.3, -0.25) is 4.79 Å². The molecule has 1 aliphatic carbocycles. The van der Waals surface area contributed by atoms with Gasteiger partial charge >= 0.3 is 0 Å². The van der Waals surface area contributed by atoms with Crippen molar-refractivity contribution in [3.05, 3.63) is 11.7 Å². The largest absolute Gasteiger partial charge is 0.339 e. The van der Waals surface area contributed by atoms with Crippen molar-refractivity contribution >= 4 is 18.3 Å². The quantitative estimate of drug-likeness (QED) is 0.912. The summed E-state index contributed by atoms with van der Waals surface area (Å²) >= 11 is 0. The van der Waals surface area contributed by atoms with E-state index in [2.05, 4.69) is 10.1 Å². The number of rotatable bonds is 3. The number of hydrogen-bond donors (Lipinski definition) is 1. The van der Waals surface area contributed by atoms with Gasteiger partial charge in [-0.05, 0) is 32.1 Å². The van der Waals surface area contributed by atoms with Crippen LogP contribution in [0.2, 0.25) is 0 Å². The van der Waals surface area contributed by atoms with E-state index in [0.717, 1.165) is 45.1 Å². The van der Waals surface area contributed by atoms with Crippen LogP contribution in [-0.4, -0.2) is 33.5 Å². The Balaban J connectivity index is 0.00000192. The SMILES string of the molecule is CC(C)c1nc(C2CCCN2C(=O)C2CCCC(N)C2)no1.Cl. The maximum atomic E-state index is 12.9. The molecular weight excluding hydrogens is 316 g/mol. The molecule has 23 heavy (non-hydrogen) atoms. The molecule has 2 fully saturated rings. The van der Waals surface area contributed by atoms with Gasteiger partial charge in [-0.15, -0.1) is 12.4 Å². The minimum atomic E-state index is -0.0260. The van der Waals surface area contributed by atoms with E-state index < -0.39 is 0 Å². The Morgan fingerprint density at radius 3 is 2.74 bits per heavy atom. The van der Waals surface area contributed by atoms with Crippen LogP contribution >= 0.6 is 12.4 Å². The van der Waals surface area contributed by atoms with E-state index in [1.54, 1.807) is 0 Å². The standard InChI is InChI=1S/C16H26N4O2.ClH/c1-10(2)15-18-14(19-22-15)13-7-4-8-20(13)16(21)11-5-3-6-12(17)9-11;/h10-13H,3-9,17H2,1-2H3;1H. The Morgan fingerprint density at radius 1 is 1.30 bits per heavy atom. The fourth-order valence-electron chi connectivity index (χ4n) is 3.60. The van der Waals surface area contributed by atoms with Gasteiger partial charge in [-0.2, -0.15) is 4.98 Å². The number of carbonyl (C=O) groups excluding carboxylic acids is 1. The molecule has 1 aromatic rings. The summed E-state index contributed by atoms with van der Waals surface area (Å²) in [6.45, 7) is 4.84. The highest BCUT2D eigenvalue weighted by molar-refractivity contribution is 5.85. The molecule has 1 aromatic heterocycles. The lowest BCUT2D eigenvalue weighted by Gasteiger charge is -2.31.